The molecule has 0 aliphatic carbocycles. The molecule has 106 valence electrons. The molecule has 0 unspecified atom stereocenters. The molecular weight excluding hydrogens is 268 g/mol. The average molecular weight is 288 g/mol. The zero-order valence-electron chi connectivity index (χ0n) is 11.6. The molecular formula is C16H20N2OS. The third-order valence-electron chi connectivity index (χ3n) is 4.61. The van der Waals surface area contributed by atoms with Crippen molar-refractivity contribution in [2.75, 3.05) is 26.2 Å². The van der Waals surface area contributed by atoms with E-state index in [9.17, 15) is 0 Å². The molecule has 0 saturated carbocycles. The minimum atomic E-state index is 0.569. The van der Waals surface area contributed by atoms with E-state index in [-0.39, 0.29) is 0 Å². The second-order valence-corrected chi connectivity index (χ2v) is 7.15. The van der Waals surface area contributed by atoms with E-state index in [1.54, 1.807) is 17.6 Å². The highest BCUT2D eigenvalue weighted by Crippen LogP contribution is 2.40. The smallest absolute Gasteiger partial charge is 0.0947 e. The van der Waals surface area contributed by atoms with Crippen molar-refractivity contribution >= 4 is 11.3 Å². The van der Waals surface area contributed by atoms with E-state index in [2.05, 4.69) is 32.7 Å². The van der Waals surface area contributed by atoms with E-state index in [1.807, 2.05) is 6.26 Å². The standard InChI is InChI=1S/C16H20N2OS/c1-5-19-9-14(1)7-18-12-16(13-18)3-4-17(11-16)8-15-2-6-20-10-15/h1-2,5-6,9-10H,3-4,7-8,11-13H2. The molecule has 2 aliphatic heterocycles. The van der Waals surface area contributed by atoms with E-state index in [0.29, 0.717) is 5.41 Å². The number of hydrogen-bond donors (Lipinski definition) is 0. The molecule has 4 heterocycles. The summed E-state index contributed by atoms with van der Waals surface area (Å²) in [6, 6.07) is 4.32. The first-order valence-electron chi connectivity index (χ1n) is 7.28. The van der Waals surface area contributed by atoms with E-state index in [0.717, 1.165) is 13.1 Å². The molecule has 0 aromatic carbocycles. The lowest BCUT2D eigenvalue weighted by Crippen LogP contribution is -2.56. The van der Waals surface area contributed by atoms with Crippen LogP contribution in [0.5, 0.6) is 0 Å². The maximum absolute atomic E-state index is 5.14. The largest absolute Gasteiger partial charge is 0.472 e. The Morgan fingerprint density at radius 1 is 1.10 bits per heavy atom. The highest BCUT2D eigenvalue weighted by atomic mass is 32.1. The van der Waals surface area contributed by atoms with Crippen LogP contribution in [0.25, 0.3) is 0 Å². The maximum Gasteiger partial charge on any atom is 0.0947 e. The topological polar surface area (TPSA) is 19.6 Å². The first-order chi connectivity index (χ1) is 9.81. The van der Waals surface area contributed by atoms with Crippen LogP contribution >= 0.6 is 11.3 Å². The summed E-state index contributed by atoms with van der Waals surface area (Å²) < 4.78 is 5.14. The Kier molecular flexibility index (Phi) is 3.17. The second kappa shape index (κ2) is 5.02. The van der Waals surface area contributed by atoms with Gasteiger partial charge in [0.15, 0.2) is 0 Å². The van der Waals surface area contributed by atoms with Crippen molar-refractivity contribution in [1.29, 1.82) is 0 Å². The average Bonchev–Trinajstić information content (AvgIpc) is 3.11. The van der Waals surface area contributed by atoms with Gasteiger partial charge in [0.1, 0.15) is 0 Å². The van der Waals surface area contributed by atoms with Gasteiger partial charge in [-0.1, -0.05) is 0 Å². The predicted octanol–water partition coefficient (Wildman–Crippen LogP) is 3.05. The molecule has 0 amide bonds. The molecule has 2 aliphatic rings. The van der Waals surface area contributed by atoms with E-state index >= 15 is 0 Å². The summed E-state index contributed by atoms with van der Waals surface area (Å²) in [6.07, 6.45) is 4.99. The molecule has 0 bridgehead atoms. The zero-order chi connectivity index (χ0) is 13.4. The van der Waals surface area contributed by atoms with Crippen LogP contribution in [0.4, 0.5) is 0 Å². The van der Waals surface area contributed by atoms with Crippen molar-refractivity contribution in [3.8, 4) is 0 Å². The van der Waals surface area contributed by atoms with Crippen molar-refractivity contribution < 1.29 is 4.42 Å². The Morgan fingerprint density at radius 3 is 2.70 bits per heavy atom. The number of rotatable bonds is 4. The lowest BCUT2D eigenvalue weighted by Gasteiger charge is -2.48. The van der Waals surface area contributed by atoms with Gasteiger partial charge in [-0.15, -0.1) is 0 Å². The van der Waals surface area contributed by atoms with Gasteiger partial charge in [-0.3, -0.25) is 9.80 Å². The summed E-state index contributed by atoms with van der Waals surface area (Å²) in [5, 5.41) is 4.45. The normalized spacial score (nSPS) is 22.4. The number of nitrogens with zero attached hydrogens (tertiary/aromatic N) is 2. The molecule has 0 atom stereocenters. The summed E-state index contributed by atoms with van der Waals surface area (Å²) in [7, 11) is 0. The van der Waals surface area contributed by atoms with Crippen molar-refractivity contribution in [2.45, 2.75) is 19.5 Å². The van der Waals surface area contributed by atoms with Crippen molar-refractivity contribution in [1.82, 2.24) is 9.80 Å². The van der Waals surface area contributed by atoms with E-state index in [1.165, 1.54) is 43.7 Å². The van der Waals surface area contributed by atoms with Crippen LogP contribution in [0.1, 0.15) is 17.5 Å². The van der Waals surface area contributed by atoms with Gasteiger partial charge in [0, 0.05) is 43.7 Å². The van der Waals surface area contributed by atoms with Crippen molar-refractivity contribution in [3.63, 3.8) is 0 Å². The summed E-state index contributed by atoms with van der Waals surface area (Å²) in [5.41, 5.74) is 3.34. The fraction of sp³-hybridized carbons (Fsp3) is 0.500. The first-order valence-corrected chi connectivity index (χ1v) is 8.23. The number of likely N-dealkylation sites (tertiary alicyclic amines) is 2. The summed E-state index contributed by atoms with van der Waals surface area (Å²) in [5.74, 6) is 0. The molecule has 3 nitrogen and oxygen atoms in total. The monoisotopic (exact) mass is 288 g/mol. The van der Waals surface area contributed by atoms with Gasteiger partial charge in [0.2, 0.25) is 0 Å². The second-order valence-electron chi connectivity index (χ2n) is 6.37. The molecule has 0 radical (unpaired) electrons. The fourth-order valence-electron chi connectivity index (χ4n) is 3.72. The molecule has 20 heavy (non-hydrogen) atoms. The number of furan rings is 1. The maximum atomic E-state index is 5.14. The molecule has 4 rings (SSSR count). The Balaban J connectivity index is 1.29. The first kappa shape index (κ1) is 12.6. The van der Waals surface area contributed by atoms with Crippen molar-refractivity contribution in [2.24, 2.45) is 5.41 Å². The van der Waals surface area contributed by atoms with E-state index < -0.39 is 0 Å². The Bertz CT molecular complexity index is 543. The highest BCUT2D eigenvalue weighted by Gasteiger charge is 2.47. The lowest BCUT2D eigenvalue weighted by molar-refractivity contribution is 0.00150. The highest BCUT2D eigenvalue weighted by molar-refractivity contribution is 7.07. The third kappa shape index (κ3) is 2.43. The molecule has 2 fully saturated rings. The van der Waals surface area contributed by atoms with Crippen LogP contribution in [-0.2, 0) is 13.1 Å². The zero-order valence-corrected chi connectivity index (χ0v) is 12.4. The Morgan fingerprint density at radius 2 is 1.95 bits per heavy atom. The molecule has 2 aromatic heterocycles. The van der Waals surface area contributed by atoms with Crippen LogP contribution < -0.4 is 0 Å². The summed E-state index contributed by atoms with van der Waals surface area (Å²) in [4.78, 5) is 5.16. The van der Waals surface area contributed by atoms with Gasteiger partial charge in [0.25, 0.3) is 0 Å². The Hall–Kier alpha value is -1.10. The molecule has 0 N–H and O–H groups in total. The lowest BCUT2D eigenvalue weighted by atomic mass is 9.79. The quantitative estimate of drug-likeness (QED) is 0.862. The molecule has 2 saturated heterocycles. The fourth-order valence-corrected chi connectivity index (χ4v) is 4.38. The van der Waals surface area contributed by atoms with Crippen LogP contribution in [-0.4, -0.2) is 36.0 Å². The van der Waals surface area contributed by atoms with Gasteiger partial charge < -0.3 is 4.42 Å². The minimum Gasteiger partial charge on any atom is -0.472 e. The number of thiophene rings is 1. The van der Waals surface area contributed by atoms with Crippen molar-refractivity contribution in [3.05, 3.63) is 46.5 Å². The summed E-state index contributed by atoms with van der Waals surface area (Å²) >= 11 is 1.80. The number of hydrogen-bond acceptors (Lipinski definition) is 4. The van der Waals surface area contributed by atoms with Gasteiger partial charge >= 0.3 is 0 Å². The van der Waals surface area contributed by atoms with Crippen LogP contribution in [0.3, 0.4) is 0 Å². The minimum absolute atomic E-state index is 0.569. The van der Waals surface area contributed by atoms with Gasteiger partial charge in [-0.05, 0) is 41.4 Å². The molecule has 2 aromatic rings. The predicted molar refractivity (Wildman–Crippen MR) is 80.6 cm³/mol. The Labute approximate surface area is 123 Å². The SMILES string of the molecule is c1cc(CN2CC3(CCN(Cc4ccsc4)C3)C2)co1. The third-order valence-corrected chi connectivity index (χ3v) is 5.34. The summed E-state index contributed by atoms with van der Waals surface area (Å²) in [6.45, 7) is 7.20. The van der Waals surface area contributed by atoms with Gasteiger partial charge in [-0.2, -0.15) is 11.3 Å². The van der Waals surface area contributed by atoms with E-state index in [4.69, 9.17) is 4.42 Å². The van der Waals surface area contributed by atoms with Gasteiger partial charge in [-0.25, -0.2) is 0 Å². The van der Waals surface area contributed by atoms with Crippen LogP contribution in [0.2, 0.25) is 0 Å². The molecule has 4 heteroatoms. The van der Waals surface area contributed by atoms with Gasteiger partial charge in [0.05, 0.1) is 12.5 Å². The molecule has 1 spiro atoms. The van der Waals surface area contributed by atoms with Crippen LogP contribution in [0.15, 0.2) is 39.8 Å². The van der Waals surface area contributed by atoms with Crippen LogP contribution in [0, 0.1) is 5.41 Å².